The monoisotopic (exact) mass is 329 g/mol. The fraction of sp³-hybridized carbons (Fsp3) is 0.333. The summed E-state index contributed by atoms with van der Waals surface area (Å²) in [5, 5.41) is 3.78. The van der Waals surface area contributed by atoms with Gasteiger partial charge in [0.2, 0.25) is 0 Å². The molecule has 1 aliphatic rings. The molecule has 0 fully saturated rings. The van der Waals surface area contributed by atoms with Gasteiger partial charge in [0.15, 0.2) is 0 Å². The Hall–Kier alpha value is -1.12. The number of rotatable bonds is 3. The molecule has 2 aromatic rings. The maximum absolute atomic E-state index is 3.78. The van der Waals surface area contributed by atoms with Gasteiger partial charge in [-0.05, 0) is 48.9 Å². The van der Waals surface area contributed by atoms with E-state index in [2.05, 4.69) is 76.7 Å². The predicted molar refractivity (Wildman–Crippen MR) is 87.9 cm³/mol. The van der Waals surface area contributed by atoms with E-state index in [4.69, 9.17) is 0 Å². The molecular formula is C18H20BrN. The summed E-state index contributed by atoms with van der Waals surface area (Å²) >= 11 is 3.69. The van der Waals surface area contributed by atoms with E-state index in [1.807, 2.05) is 0 Å². The third-order valence-electron chi connectivity index (χ3n) is 4.21. The molecule has 0 saturated carbocycles. The van der Waals surface area contributed by atoms with Crippen molar-refractivity contribution in [2.24, 2.45) is 0 Å². The molecule has 20 heavy (non-hydrogen) atoms. The third kappa shape index (κ3) is 2.97. The van der Waals surface area contributed by atoms with Crippen LogP contribution < -0.4 is 5.32 Å². The van der Waals surface area contributed by atoms with Crippen molar-refractivity contribution in [3.63, 3.8) is 0 Å². The topological polar surface area (TPSA) is 12.0 Å². The number of benzene rings is 2. The Labute approximate surface area is 129 Å². The van der Waals surface area contributed by atoms with Crippen LogP contribution in [0.25, 0.3) is 0 Å². The first-order valence-corrected chi connectivity index (χ1v) is 8.10. The highest BCUT2D eigenvalue weighted by Gasteiger charge is 2.21. The van der Waals surface area contributed by atoms with Crippen molar-refractivity contribution in [2.45, 2.75) is 38.3 Å². The summed E-state index contributed by atoms with van der Waals surface area (Å²) in [5.74, 6) is 0. The van der Waals surface area contributed by atoms with Gasteiger partial charge in [0, 0.05) is 16.6 Å². The highest BCUT2D eigenvalue weighted by atomic mass is 79.9. The van der Waals surface area contributed by atoms with Crippen molar-refractivity contribution < 1.29 is 0 Å². The minimum atomic E-state index is 0.408. The Morgan fingerprint density at radius 2 is 1.90 bits per heavy atom. The SMILES string of the molecule is CC(NC1CCc2cccc(Br)c2C1)c1ccccc1. The predicted octanol–water partition coefficient (Wildman–Crippen LogP) is 4.66. The first kappa shape index (κ1) is 13.8. The van der Waals surface area contributed by atoms with E-state index in [-0.39, 0.29) is 0 Å². The molecule has 0 heterocycles. The molecule has 3 rings (SSSR count). The van der Waals surface area contributed by atoms with Gasteiger partial charge in [-0.3, -0.25) is 0 Å². The van der Waals surface area contributed by atoms with Crippen LogP contribution in [0.2, 0.25) is 0 Å². The molecule has 104 valence electrons. The molecule has 2 aromatic carbocycles. The summed E-state index contributed by atoms with van der Waals surface area (Å²) in [5.41, 5.74) is 4.35. The lowest BCUT2D eigenvalue weighted by atomic mass is 9.88. The van der Waals surface area contributed by atoms with Crippen molar-refractivity contribution in [3.05, 3.63) is 69.7 Å². The summed E-state index contributed by atoms with van der Waals surface area (Å²) in [4.78, 5) is 0. The van der Waals surface area contributed by atoms with Crippen LogP contribution in [-0.4, -0.2) is 6.04 Å². The van der Waals surface area contributed by atoms with Crippen molar-refractivity contribution >= 4 is 15.9 Å². The zero-order valence-electron chi connectivity index (χ0n) is 11.8. The Kier molecular flexibility index (Phi) is 4.23. The summed E-state index contributed by atoms with van der Waals surface area (Å²) in [6, 6.07) is 18.2. The van der Waals surface area contributed by atoms with Gasteiger partial charge in [-0.15, -0.1) is 0 Å². The maximum Gasteiger partial charge on any atom is 0.0294 e. The van der Waals surface area contributed by atoms with Crippen molar-refractivity contribution in [3.8, 4) is 0 Å². The molecule has 0 aliphatic heterocycles. The number of hydrogen-bond donors (Lipinski definition) is 1. The summed E-state index contributed by atoms with van der Waals surface area (Å²) in [6.07, 6.45) is 3.52. The van der Waals surface area contributed by atoms with Gasteiger partial charge in [-0.2, -0.15) is 0 Å². The highest BCUT2D eigenvalue weighted by Crippen LogP contribution is 2.29. The molecule has 0 aromatic heterocycles. The van der Waals surface area contributed by atoms with Crippen LogP contribution in [-0.2, 0) is 12.8 Å². The fourth-order valence-electron chi connectivity index (χ4n) is 3.08. The van der Waals surface area contributed by atoms with Gasteiger partial charge < -0.3 is 5.32 Å². The van der Waals surface area contributed by atoms with Gasteiger partial charge in [0.1, 0.15) is 0 Å². The lowest BCUT2D eigenvalue weighted by Crippen LogP contribution is -2.36. The van der Waals surface area contributed by atoms with Gasteiger partial charge in [0.25, 0.3) is 0 Å². The minimum absolute atomic E-state index is 0.408. The molecule has 0 amide bonds. The van der Waals surface area contributed by atoms with Crippen LogP contribution in [0, 0.1) is 0 Å². The van der Waals surface area contributed by atoms with Crippen molar-refractivity contribution in [1.29, 1.82) is 0 Å². The van der Waals surface area contributed by atoms with E-state index in [9.17, 15) is 0 Å². The summed E-state index contributed by atoms with van der Waals surface area (Å²) in [7, 11) is 0. The first-order valence-electron chi connectivity index (χ1n) is 7.31. The normalized spacial score (nSPS) is 19.4. The summed E-state index contributed by atoms with van der Waals surface area (Å²) < 4.78 is 1.26. The fourth-order valence-corrected chi connectivity index (χ4v) is 3.65. The van der Waals surface area contributed by atoms with Crippen LogP contribution in [0.15, 0.2) is 53.0 Å². The zero-order chi connectivity index (χ0) is 13.9. The second-order valence-electron chi connectivity index (χ2n) is 5.62. The molecule has 0 saturated heterocycles. The molecule has 1 aliphatic carbocycles. The van der Waals surface area contributed by atoms with Gasteiger partial charge in [-0.1, -0.05) is 58.4 Å². The Morgan fingerprint density at radius 1 is 1.10 bits per heavy atom. The molecule has 2 unspecified atom stereocenters. The van der Waals surface area contributed by atoms with E-state index in [0.29, 0.717) is 12.1 Å². The van der Waals surface area contributed by atoms with Crippen molar-refractivity contribution in [1.82, 2.24) is 5.32 Å². The number of fused-ring (bicyclic) bond motifs is 1. The summed E-state index contributed by atoms with van der Waals surface area (Å²) in [6.45, 7) is 2.25. The van der Waals surface area contributed by atoms with Crippen LogP contribution in [0.4, 0.5) is 0 Å². The minimum Gasteiger partial charge on any atom is -0.307 e. The quantitative estimate of drug-likeness (QED) is 0.863. The average Bonchev–Trinajstić information content (AvgIpc) is 2.49. The van der Waals surface area contributed by atoms with E-state index >= 15 is 0 Å². The van der Waals surface area contributed by atoms with E-state index < -0.39 is 0 Å². The van der Waals surface area contributed by atoms with E-state index in [1.54, 1.807) is 0 Å². The highest BCUT2D eigenvalue weighted by molar-refractivity contribution is 9.10. The molecule has 0 bridgehead atoms. The molecule has 2 heteroatoms. The smallest absolute Gasteiger partial charge is 0.0294 e. The molecule has 1 nitrogen and oxygen atoms in total. The van der Waals surface area contributed by atoms with Gasteiger partial charge in [-0.25, -0.2) is 0 Å². The van der Waals surface area contributed by atoms with E-state index in [1.165, 1.54) is 34.0 Å². The molecular weight excluding hydrogens is 310 g/mol. The maximum atomic E-state index is 3.78. The van der Waals surface area contributed by atoms with Gasteiger partial charge in [0.05, 0.1) is 0 Å². The van der Waals surface area contributed by atoms with Crippen LogP contribution in [0.1, 0.15) is 36.1 Å². The lowest BCUT2D eigenvalue weighted by molar-refractivity contribution is 0.413. The van der Waals surface area contributed by atoms with E-state index in [0.717, 1.165) is 6.42 Å². The zero-order valence-corrected chi connectivity index (χ0v) is 13.4. The number of hydrogen-bond acceptors (Lipinski definition) is 1. The van der Waals surface area contributed by atoms with Crippen LogP contribution in [0.3, 0.4) is 0 Å². The standard InChI is InChI=1S/C18H20BrN/c1-13(14-6-3-2-4-7-14)20-16-11-10-15-8-5-9-18(19)17(15)12-16/h2-9,13,16,20H,10-12H2,1H3. The number of nitrogens with one attached hydrogen (secondary N) is 1. The Morgan fingerprint density at radius 3 is 2.70 bits per heavy atom. The first-order chi connectivity index (χ1) is 9.74. The Balaban J connectivity index is 1.70. The molecule has 0 radical (unpaired) electrons. The Bertz CT molecular complexity index is 579. The van der Waals surface area contributed by atoms with Crippen LogP contribution >= 0.6 is 15.9 Å². The van der Waals surface area contributed by atoms with Crippen LogP contribution in [0.5, 0.6) is 0 Å². The van der Waals surface area contributed by atoms with Gasteiger partial charge >= 0.3 is 0 Å². The second-order valence-corrected chi connectivity index (χ2v) is 6.47. The molecule has 2 atom stereocenters. The third-order valence-corrected chi connectivity index (χ3v) is 4.96. The second kappa shape index (κ2) is 6.11. The average molecular weight is 330 g/mol. The largest absolute Gasteiger partial charge is 0.307 e. The van der Waals surface area contributed by atoms with Crippen molar-refractivity contribution in [2.75, 3.05) is 0 Å². The molecule has 1 N–H and O–H groups in total. The molecule has 0 spiro atoms. The number of aryl methyl sites for hydroxylation is 1. The number of halogens is 1. The lowest BCUT2D eigenvalue weighted by Gasteiger charge is -2.29.